The molecule has 6 aromatic heterocycles. The van der Waals surface area contributed by atoms with Gasteiger partial charge in [0, 0.05) is 92.5 Å². The van der Waals surface area contributed by atoms with E-state index in [0.29, 0.717) is 50.4 Å². The average Bonchev–Trinajstić information content (AvgIpc) is 3.93. The molecule has 0 saturated heterocycles. The zero-order chi connectivity index (χ0) is 49.3. The second kappa shape index (κ2) is 24.1. The minimum Gasteiger partial charge on any atom is -0.423 e. The Morgan fingerprint density at radius 2 is 1.13 bits per heavy atom. The predicted molar refractivity (Wildman–Crippen MR) is 266 cm³/mol. The molecule has 2 aromatic carbocycles. The summed E-state index contributed by atoms with van der Waals surface area (Å²) in [5.74, 6) is -7.06. The van der Waals surface area contributed by atoms with Crippen LogP contribution in [0.2, 0.25) is 0 Å². The molecule has 0 atom stereocenters. The van der Waals surface area contributed by atoms with Crippen molar-refractivity contribution < 1.29 is 54.0 Å². The van der Waals surface area contributed by atoms with E-state index in [-0.39, 0.29) is 37.5 Å². The van der Waals surface area contributed by atoms with Crippen molar-refractivity contribution in [3.8, 4) is 11.1 Å². The Bertz CT molecular complexity index is 3350. The summed E-state index contributed by atoms with van der Waals surface area (Å²) in [6.45, 7) is 3.30. The van der Waals surface area contributed by atoms with Crippen LogP contribution in [0.4, 0.5) is 28.9 Å². The lowest BCUT2D eigenvalue weighted by molar-refractivity contribution is 0.102. The summed E-state index contributed by atoms with van der Waals surface area (Å²) in [6, 6.07) is 13.7. The highest BCUT2D eigenvalue weighted by Gasteiger charge is 2.28. The molecule has 0 radical (unpaired) electrons. The highest BCUT2D eigenvalue weighted by molar-refractivity contribution is 9.10. The van der Waals surface area contributed by atoms with Crippen LogP contribution in [-0.2, 0) is 20.0 Å². The van der Waals surface area contributed by atoms with E-state index in [9.17, 15) is 39.6 Å². The highest BCUT2D eigenvalue weighted by atomic mass is 79.9. The molecule has 0 aliphatic carbocycles. The van der Waals surface area contributed by atoms with Crippen LogP contribution in [0.3, 0.4) is 0 Å². The van der Waals surface area contributed by atoms with E-state index < -0.39 is 84.5 Å². The largest absolute Gasteiger partial charge is 0.490 e. The zero-order valence-electron chi connectivity index (χ0n) is 35.6. The molecule has 6 N–H and O–H groups in total. The minimum absolute atomic E-state index is 0. The van der Waals surface area contributed by atoms with Crippen molar-refractivity contribution in [3.63, 3.8) is 0 Å². The lowest BCUT2D eigenvalue weighted by Gasteiger charge is -2.11. The number of benzene rings is 2. The van der Waals surface area contributed by atoms with Gasteiger partial charge in [-0.3, -0.25) is 29.0 Å². The SMILES string of the molecule is C.C.CCCS(=O)(=O)Nc1ccc(F)c(C(=O)c2c[nH]c3ncc(-c4cccnc4)cc23)c1F.CCCS(=O)(=O)Nc1ccc(F)c(C(=O)c2c[nH]c3ncc(Br)cc23)c1F.OB(O)c1cccnc1. The van der Waals surface area contributed by atoms with Crippen LogP contribution in [0.5, 0.6) is 0 Å². The Labute approximate surface area is 409 Å². The van der Waals surface area contributed by atoms with Gasteiger partial charge < -0.3 is 20.0 Å². The molecule has 6 heterocycles. The van der Waals surface area contributed by atoms with Crippen LogP contribution >= 0.6 is 15.9 Å². The van der Waals surface area contributed by atoms with Crippen molar-refractivity contribution in [1.82, 2.24) is 29.9 Å². The van der Waals surface area contributed by atoms with Crippen LogP contribution < -0.4 is 14.9 Å². The topological polar surface area (TPSA) is 250 Å². The van der Waals surface area contributed by atoms with Gasteiger partial charge in [-0.25, -0.2) is 44.4 Å². The van der Waals surface area contributed by atoms with E-state index in [1.54, 1.807) is 69.0 Å². The zero-order valence-corrected chi connectivity index (χ0v) is 38.9. The van der Waals surface area contributed by atoms with E-state index in [0.717, 1.165) is 29.8 Å². The third-order valence-electron chi connectivity index (χ3n) is 9.61. The van der Waals surface area contributed by atoms with E-state index in [4.69, 9.17) is 10.0 Å². The monoisotopic (exact) mass is 1070 g/mol. The lowest BCUT2D eigenvalue weighted by Crippen LogP contribution is -2.29. The van der Waals surface area contributed by atoms with Gasteiger partial charge in [-0.2, -0.15) is 0 Å². The summed E-state index contributed by atoms with van der Waals surface area (Å²) >= 11 is 3.23. The molecule has 368 valence electrons. The maximum Gasteiger partial charge on any atom is 0.490 e. The van der Waals surface area contributed by atoms with Crippen LogP contribution in [0.25, 0.3) is 33.2 Å². The number of sulfonamides is 2. The molecule has 70 heavy (non-hydrogen) atoms. The number of fused-ring (bicyclic) bond motifs is 2. The number of anilines is 2. The van der Waals surface area contributed by atoms with Gasteiger partial charge in [-0.1, -0.05) is 40.8 Å². The van der Waals surface area contributed by atoms with Gasteiger partial charge in [0.1, 0.15) is 22.9 Å². The predicted octanol–water partition coefficient (Wildman–Crippen LogP) is 8.31. The summed E-state index contributed by atoms with van der Waals surface area (Å²) in [5, 5.41) is 17.8. The second-order valence-corrected chi connectivity index (χ2v) is 19.1. The third-order valence-corrected chi connectivity index (χ3v) is 13.0. The number of aromatic amines is 2. The summed E-state index contributed by atoms with van der Waals surface area (Å²) in [6.07, 6.45) is 12.6. The Balaban J connectivity index is 0.000000254. The summed E-state index contributed by atoms with van der Waals surface area (Å²) in [5.41, 5.74) is -0.0602. The Hall–Kier alpha value is -6.86. The number of H-pyrrole nitrogens is 2. The van der Waals surface area contributed by atoms with Crippen LogP contribution in [-0.4, -0.2) is 87.0 Å². The first-order valence-electron chi connectivity index (χ1n) is 20.2. The summed E-state index contributed by atoms with van der Waals surface area (Å²) < 4.78 is 111. The van der Waals surface area contributed by atoms with Crippen molar-refractivity contribution in [2.24, 2.45) is 0 Å². The van der Waals surface area contributed by atoms with Crippen molar-refractivity contribution in [2.45, 2.75) is 41.5 Å². The van der Waals surface area contributed by atoms with Crippen molar-refractivity contribution >= 4 is 93.6 Å². The number of ketones is 2. The van der Waals surface area contributed by atoms with E-state index in [2.05, 4.69) is 55.3 Å². The number of pyridine rings is 4. The number of carbonyl (C=O) groups excluding carboxylic acids is 2. The van der Waals surface area contributed by atoms with Crippen molar-refractivity contribution in [2.75, 3.05) is 20.9 Å². The number of hydrogen-bond donors (Lipinski definition) is 6. The van der Waals surface area contributed by atoms with Crippen LogP contribution in [0.15, 0.2) is 115 Å². The van der Waals surface area contributed by atoms with Gasteiger partial charge in [0.05, 0.1) is 34.0 Å². The highest BCUT2D eigenvalue weighted by Crippen LogP contribution is 2.31. The first-order valence-corrected chi connectivity index (χ1v) is 24.3. The molecule has 8 aromatic rings. The molecule has 0 fully saturated rings. The first kappa shape index (κ1) is 55.7. The number of nitrogens with one attached hydrogen (secondary N) is 4. The van der Waals surface area contributed by atoms with Gasteiger partial charge >= 0.3 is 7.12 Å². The van der Waals surface area contributed by atoms with Crippen molar-refractivity contribution in [1.29, 1.82) is 0 Å². The first-order chi connectivity index (χ1) is 32.3. The smallest absolute Gasteiger partial charge is 0.423 e. The standard InChI is InChI=1S/C22H18F2N4O3S.C17H14BrF2N3O3S.C5H6BNO2.2CH4/c1-2-8-32(30,31)28-18-6-5-17(23)19(20(18)24)21(29)16-12-27-22-15(16)9-14(11-26-22)13-4-3-7-25-10-13;1-2-5-27(25,26)23-13-4-3-12(19)14(15(13)20)16(24)11-8-22-17-10(11)6-9(18)7-21-17;8-6(9)5-2-1-3-7-4-5;;/h3-7,9-12,28H,2,8H2,1H3,(H,26,27);3-4,6-8,23H,2,5H2,1H3,(H,21,22);1-4,8-9H;2*1H4. The fraction of sp³-hybridized carbons (Fsp3) is 0.174. The normalized spacial score (nSPS) is 11.0. The quantitative estimate of drug-likeness (QED) is 0.0342. The molecule has 0 unspecified atom stereocenters. The maximum atomic E-state index is 15.1. The summed E-state index contributed by atoms with van der Waals surface area (Å²) in [4.78, 5) is 47.6. The van der Waals surface area contributed by atoms with E-state index in [1.165, 1.54) is 24.8 Å². The fourth-order valence-electron chi connectivity index (χ4n) is 6.50. The Morgan fingerprint density at radius 3 is 1.56 bits per heavy atom. The number of carbonyl (C=O) groups is 2. The fourth-order valence-corrected chi connectivity index (χ4v) is 9.10. The molecule has 0 bridgehead atoms. The van der Waals surface area contributed by atoms with Crippen molar-refractivity contribution in [3.05, 3.63) is 160 Å². The number of rotatable bonds is 14. The molecule has 24 heteroatoms. The molecule has 0 aliphatic heterocycles. The van der Waals surface area contributed by atoms with Gasteiger partial charge in [0.2, 0.25) is 31.6 Å². The van der Waals surface area contributed by atoms with E-state index in [1.807, 2.05) is 6.07 Å². The molecule has 8 rings (SSSR count). The maximum absolute atomic E-state index is 15.1. The van der Waals surface area contributed by atoms with Crippen LogP contribution in [0.1, 0.15) is 73.4 Å². The van der Waals surface area contributed by atoms with E-state index >= 15 is 4.39 Å². The third kappa shape index (κ3) is 13.3. The van der Waals surface area contributed by atoms with Gasteiger partial charge in [0.25, 0.3) is 0 Å². The van der Waals surface area contributed by atoms with Crippen LogP contribution in [0, 0.1) is 23.3 Å². The number of aromatic nitrogens is 6. The second-order valence-electron chi connectivity index (χ2n) is 14.5. The minimum atomic E-state index is -3.83. The van der Waals surface area contributed by atoms with Gasteiger partial charge in [-0.15, -0.1) is 0 Å². The molecule has 0 spiro atoms. The Kier molecular flexibility index (Phi) is 19.2. The molecule has 0 amide bonds. The number of nitrogens with zero attached hydrogens (tertiary/aromatic N) is 4. The average molecular weight is 1070 g/mol. The molecule has 0 aliphatic rings. The molecule has 0 saturated carbocycles. The molecular weight excluding hydrogens is 1020 g/mol. The molecular formula is C46H46BBrF4N8O8S2. The van der Waals surface area contributed by atoms with Gasteiger partial charge in [-0.05, 0) is 77.3 Å². The number of hydrogen-bond acceptors (Lipinski definition) is 12. The molecule has 16 nitrogen and oxygen atoms in total. The lowest BCUT2D eigenvalue weighted by atomic mass is 9.82. The number of halogens is 5. The summed E-state index contributed by atoms with van der Waals surface area (Å²) in [7, 11) is -9.04. The van der Waals surface area contributed by atoms with Gasteiger partial charge in [0.15, 0.2) is 11.6 Å². The Morgan fingerprint density at radius 1 is 0.657 bits per heavy atom.